The third-order valence-corrected chi connectivity index (χ3v) is 2.16. The molecule has 3 nitrogen and oxygen atoms in total. The van der Waals surface area contributed by atoms with Crippen LogP contribution in [0, 0.1) is 0 Å². The van der Waals surface area contributed by atoms with Crippen LogP contribution in [0.15, 0.2) is 12.7 Å². The molecule has 0 unspecified atom stereocenters. The molecule has 0 aliphatic rings. The number of nitrogens with one attached hydrogen (secondary N) is 2. The highest BCUT2D eigenvalue weighted by Gasteiger charge is 1.96. The molecule has 0 radical (unpaired) electrons. The van der Waals surface area contributed by atoms with Crippen molar-refractivity contribution >= 4 is 18.0 Å². The average Bonchev–Trinajstić information content (AvgIpc) is 2.13. The van der Waals surface area contributed by atoms with Gasteiger partial charge in [0, 0.05) is 12.3 Å². The summed E-state index contributed by atoms with van der Waals surface area (Å²) in [5.74, 6) is 0.738. The quantitative estimate of drug-likeness (QED) is 0.378. The Bertz CT molecular complexity index is 151. The maximum absolute atomic E-state index is 11.0. The van der Waals surface area contributed by atoms with Crippen LogP contribution in [0.25, 0.3) is 0 Å². The molecule has 13 heavy (non-hydrogen) atoms. The van der Waals surface area contributed by atoms with Crippen molar-refractivity contribution in [2.45, 2.75) is 26.2 Å². The zero-order valence-electron chi connectivity index (χ0n) is 8.14. The molecular weight excluding hydrogens is 184 g/mol. The van der Waals surface area contributed by atoms with E-state index in [9.17, 15) is 4.79 Å². The Hall–Kier alpha value is -0.640. The van der Waals surface area contributed by atoms with Gasteiger partial charge in [-0.2, -0.15) is 0 Å². The van der Waals surface area contributed by atoms with Gasteiger partial charge < -0.3 is 5.32 Å². The summed E-state index contributed by atoms with van der Waals surface area (Å²) in [6.45, 7) is 6.45. The molecule has 0 aliphatic heterocycles. The van der Waals surface area contributed by atoms with Crippen LogP contribution in [0.1, 0.15) is 26.2 Å². The predicted octanol–water partition coefficient (Wildman–Crippen LogP) is 2.31. The molecule has 76 valence electrons. The van der Waals surface area contributed by atoms with Crippen LogP contribution in [0.5, 0.6) is 0 Å². The van der Waals surface area contributed by atoms with Crippen LogP contribution >= 0.6 is 11.9 Å². The number of amides is 2. The molecule has 0 saturated heterocycles. The van der Waals surface area contributed by atoms with E-state index in [1.807, 2.05) is 0 Å². The molecule has 0 bridgehead atoms. The minimum absolute atomic E-state index is 0.108. The monoisotopic (exact) mass is 202 g/mol. The topological polar surface area (TPSA) is 41.1 Å². The fourth-order valence-electron chi connectivity index (χ4n) is 0.779. The molecule has 4 heteroatoms. The van der Waals surface area contributed by atoms with Crippen molar-refractivity contribution in [1.82, 2.24) is 10.0 Å². The first kappa shape index (κ1) is 12.4. The lowest BCUT2D eigenvalue weighted by Gasteiger charge is -2.04. The van der Waals surface area contributed by atoms with E-state index in [1.54, 1.807) is 6.08 Å². The largest absolute Gasteiger partial charge is 0.337 e. The van der Waals surface area contributed by atoms with Crippen LogP contribution in [0.3, 0.4) is 0 Å². The SMILES string of the molecule is C=CCSNC(=O)NCCCCC. The van der Waals surface area contributed by atoms with Crippen molar-refractivity contribution in [3.63, 3.8) is 0 Å². The molecule has 2 amide bonds. The molecule has 0 fully saturated rings. The molecule has 0 atom stereocenters. The Kier molecular flexibility index (Phi) is 8.98. The van der Waals surface area contributed by atoms with Gasteiger partial charge in [-0.15, -0.1) is 6.58 Å². The van der Waals surface area contributed by atoms with Crippen molar-refractivity contribution in [2.24, 2.45) is 0 Å². The third-order valence-electron chi connectivity index (χ3n) is 1.43. The van der Waals surface area contributed by atoms with E-state index < -0.39 is 0 Å². The molecule has 2 N–H and O–H groups in total. The zero-order valence-corrected chi connectivity index (χ0v) is 8.95. The summed E-state index contributed by atoms with van der Waals surface area (Å²) in [5, 5.41) is 2.77. The molecular formula is C9H18N2OS. The molecule has 0 aromatic heterocycles. The van der Waals surface area contributed by atoms with Gasteiger partial charge in [-0.1, -0.05) is 25.8 Å². The van der Waals surface area contributed by atoms with Gasteiger partial charge in [0.05, 0.1) is 0 Å². The maximum atomic E-state index is 11.0. The second-order valence-corrected chi connectivity index (χ2v) is 3.49. The first-order valence-electron chi connectivity index (χ1n) is 4.57. The van der Waals surface area contributed by atoms with Gasteiger partial charge in [0.2, 0.25) is 0 Å². The van der Waals surface area contributed by atoms with Gasteiger partial charge in [0.1, 0.15) is 0 Å². The van der Waals surface area contributed by atoms with Crippen molar-refractivity contribution in [3.8, 4) is 0 Å². The normalized spacial score (nSPS) is 9.31. The van der Waals surface area contributed by atoms with Gasteiger partial charge in [-0.3, -0.25) is 4.72 Å². The second kappa shape index (κ2) is 9.45. The summed E-state index contributed by atoms with van der Waals surface area (Å²) in [4.78, 5) is 11.0. The van der Waals surface area contributed by atoms with Crippen LogP contribution < -0.4 is 10.0 Å². The highest BCUT2D eigenvalue weighted by atomic mass is 32.2. The van der Waals surface area contributed by atoms with Crippen molar-refractivity contribution in [2.75, 3.05) is 12.3 Å². The van der Waals surface area contributed by atoms with Crippen LogP contribution in [-0.2, 0) is 0 Å². The van der Waals surface area contributed by atoms with Crippen molar-refractivity contribution in [3.05, 3.63) is 12.7 Å². The Morgan fingerprint density at radius 2 is 2.31 bits per heavy atom. The van der Waals surface area contributed by atoms with Crippen molar-refractivity contribution in [1.29, 1.82) is 0 Å². The molecule has 0 spiro atoms. The van der Waals surface area contributed by atoms with Crippen LogP contribution in [-0.4, -0.2) is 18.3 Å². The van der Waals surface area contributed by atoms with Crippen LogP contribution in [0.2, 0.25) is 0 Å². The maximum Gasteiger partial charge on any atom is 0.324 e. The average molecular weight is 202 g/mol. The van der Waals surface area contributed by atoms with E-state index in [0.29, 0.717) is 0 Å². The Morgan fingerprint density at radius 1 is 1.54 bits per heavy atom. The molecule has 0 aliphatic carbocycles. The summed E-state index contributed by atoms with van der Waals surface area (Å²) >= 11 is 1.35. The molecule has 0 aromatic carbocycles. The molecule has 0 saturated carbocycles. The third kappa shape index (κ3) is 9.27. The lowest BCUT2D eigenvalue weighted by Crippen LogP contribution is -2.32. The molecule has 0 aromatic rings. The lowest BCUT2D eigenvalue weighted by atomic mass is 10.2. The fourth-order valence-corrected chi connectivity index (χ4v) is 1.18. The van der Waals surface area contributed by atoms with Crippen molar-refractivity contribution < 1.29 is 4.79 Å². The summed E-state index contributed by atoms with van der Waals surface area (Å²) < 4.78 is 2.66. The van der Waals surface area contributed by atoms with E-state index in [4.69, 9.17) is 0 Å². The number of carbonyl (C=O) groups is 1. The highest BCUT2D eigenvalue weighted by Crippen LogP contribution is 1.93. The van der Waals surface area contributed by atoms with Crippen LogP contribution in [0.4, 0.5) is 4.79 Å². The summed E-state index contributed by atoms with van der Waals surface area (Å²) in [6.07, 6.45) is 5.15. The first-order valence-corrected chi connectivity index (χ1v) is 5.56. The number of rotatable bonds is 7. The zero-order chi connectivity index (χ0) is 9.94. The van der Waals surface area contributed by atoms with Gasteiger partial charge in [0.15, 0.2) is 0 Å². The standard InChI is InChI=1S/C9H18N2OS/c1-3-5-6-7-10-9(12)11-13-8-4-2/h4H,2-3,5-8H2,1H3,(H2,10,11,12). The minimum atomic E-state index is -0.108. The molecule has 0 rings (SSSR count). The number of hydrogen-bond acceptors (Lipinski definition) is 2. The number of carbonyl (C=O) groups excluding carboxylic acids is 1. The fraction of sp³-hybridized carbons (Fsp3) is 0.667. The van der Waals surface area contributed by atoms with Gasteiger partial charge >= 0.3 is 6.03 Å². The highest BCUT2D eigenvalue weighted by molar-refractivity contribution is 7.98. The Balaban J connectivity index is 3.15. The number of hydrogen-bond donors (Lipinski definition) is 2. The lowest BCUT2D eigenvalue weighted by molar-refractivity contribution is 0.246. The van der Waals surface area contributed by atoms with Gasteiger partial charge in [-0.05, 0) is 18.4 Å². The number of urea groups is 1. The van der Waals surface area contributed by atoms with E-state index >= 15 is 0 Å². The Labute approximate surface area is 84.5 Å². The van der Waals surface area contributed by atoms with E-state index in [-0.39, 0.29) is 6.03 Å². The van der Waals surface area contributed by atoms with Gasteiger partial charge in [0.25, 0.3) is 0 Å². The first-order chi connectivity index (χ1) is 6.31. The predicted molar refractivity (Wildman–Crippen MR) is 58.7 cm³/mol. The van der Waals surface area contributed by atoms with E-state index in [2.05, 4.69) is 23.5 Å². The minimum Gasteiger partial charge on any atom is -0.337 e. The van der Waals surface area contributed by atoms with E-state index in [1.165, 1.54) is 24.8 Å². The summed E-state index contributed by atoms with van der Waals surface area (Å²) in [6, 6.07) is -0.108. The second-order valence-electron chi connectivity index (χ2n) is 2.66. The summed E-state index contributed by atoms with van der Waals surface area (Å²) in [5.41, 5.74) is 0. The molecule has 0 heterocycles. The Morgan fingerprint density at radius 3 is 2.92 bits per heavy atom. The smallest absolute Gasteiger partial charge is 0.324 e. The summed E-state index contributed by atoms with van der Waals surface area (Å²) in [7, 11) is 0. The number of unbranched alkanes of at least 4 members (excludes halogenated alkanes) is 2. The van der Waals surface area contributed by atoms with E-state index in [0.717, 1.165) is 18.7 Å². The van der Waals surface area contributed by atoms with Gasteiger partial charge in [-0.25, -0.2) is 4.79 Å².